The molecule has 0 aliphatic heterocycles. The summed E-state index contributed by atoms with van der Waals surface area (Å²) in [5.74, 6) is 0.605. The third-order valence-electron chi connectivity index (χ3n) is 3.68. The van der Waals surface area contributed by atoms with Crippen LogP contribution in [0.15, 0.2) is 0 Å². The van der Waals surface area contributed by atoms with Crippen molar-refractivity contribution < 1.29 is 9.90 Å². The Morgan fingerprint density at radius 1 is 1.37 bits per heavy atom. The van der Waals surface area contributed by atoms with Crippen LogP contribution in [0.1, 0.15) is 56.5 Å². The van der Waals surface area contributed by atoms with Crippen LogP contribution in [0.5, 0.6) is 0 Å². The maximum absolute atomic E-state index is 11.9. The van der Waals surface area contributed by atoms with Crippen LogP contribution in [0.4, 0.5) is 0 Å². The van der Waals surface area contributed by atoms with Crippen molar-refractivity contribution in [3.63, 3.8) is 0 Å². The zero-order valence-corrected chi connectivity index (χ0v) is 12.0. The Labute approximate surface area is 114 Å². The van der Waals surface area contributed by atoms with Crippen molar-refractivity contribution in [2.45, 2.75) is 46.5 Å². The van der Waals surface area contributed by atoms with E-state index in [1.165, 1.54) is 0 Å². The molecule has 0 saturated heterocycles. The fourth-order valence-electron chi connectivity index (χ4n) is 1.87. The number of aromatic nitrogens is 3. The van der Waals surface area contributed by atoms with Crippen molar-refractivity contribution in [3.05, 3.63) is 11.6 Å². The van der Waals surface area contributed by atoms with Crippen LogP contribution in [0.2, 0.25) is 0 Å². The first-order valence-electron chi connectivity index (χ1n) is 6.91. The monoisotopic (exact) mass is 268 g/mol. The number of aliphatic hydroxyl groups is 1. The third kappa shape index (κ3) is 4.02. The van der Waals surface area contributed by atoms with Gasteiger partial charge in [-0.15, -0.1) is 5.10 Å². The molecule has 0 aromatic carbocycles. The summed E-state index contributed by atoms with van der Waals surface area (Å²) in [5, 5.41) is 18.9. The SMILES string of the molecule is CCCc1nc(C(=O)NCC(CC)(CC)CO)n[nH]1. The summed E-state index contributed by atoms with van der Waals surface area (Å²) in [5.41, 5.74) is -0.252. The molecule has 1 heterocycles. The summed E-state index contributed by atoms with van der Waals surface area (Å²) < 4.78 is 0. The lowest BCUT2D eigenvalue weighted by atomic mass is 9.83. The van der Waals surface area contributed by atoms with Crippen molar-refractivity contribution >= 4 is 5.91 Å². The molecule has 1 aromatic rings. The molecule has 0 aliphatic carbocycles. The number of amides is 1. The number of carbonyl (C=O) groups excluding carboxylic acids is 1. The molecule has 3 N–H and O–H groups in total. The third-order valence-corrected chi connectivity index (χ3v) is 3.68. The average molecular weight is 268 g/mol. The highest BCUT2D eigenvalue weighted by Crippen LogP contribution is 2.24. The van der Waals surface area contributed by atoms with Gasteiger partial charge in [0.1, 0.15) is 5.82 Å². The van der Waals surface area contributed by atoms with Crippen LogP contribution < -0.4 is 5.32 Å². The molecule has 0 unspecified atom stereocenters. The molecule has 0 bridgehead atoms. The molecule has 0 spiro atoms. The van der Waals surface area contributed by atoms with Gasteiger partial charge in [0.15, 0.2) is 0 Å². The van der Waals surface area contributed by atoms with Gasteiger partial charge in [-0.3, -0.25) is 9.89 Å². The van der Waals surface area contributed by atoms with Gasteiger partial charge in [0.25, 0.3) is 5.91 Å². The van der Waals surface area contributed by atoms with E-state index in [0.29, 0.717) is 6.54 Å². The maximum Gasteiger partial charge on any atom is 0.290 e. The largest absolute Gasteiger partial charge is 0.396 e. The van der Waals surface area contributed by atoms with Gasteiger partial charge in [0.05, 0.1) is 6.61 Å². The lowest BCUT2D eigenvalue weighted by Gasteiger charge is -2.29. The molecule has 1 aromatic heterocycles. The van der Waals surface area contributed by atoms with Gasteiger partial charge in [0.2, 0.25) is 5.82 Å². The van der Waals surface area contributed by atoms with Crippen LogP contribution in [-0.2, 0) is 6.42 Å². The standard InChI is InChI=1S/C13H24N4O2/c1-4-7-10-15-11(17-16-10)12(19)14-8-13(5-2,6-3)9-18/h18H,4-9H2,1-3H3,(H,14,19)(H,15,16,17). The van der Waals surface area contributed by atoms with E-state index >= 15 is 0 Å². The number of aromatic amines is 1. The Balaban J connectivity index is 2.58. The van der Waals surface area contributed by atoms with E-state index in [2.05, 4.69) is 20.5 Å². The minimum atomic E-state index is -0.293. The number of hydrogen-bond acceptors (Lipinski definition) is 4. The Morgan fingerprint density at radius 2 is 2.05 bits per heavy atom. The first-order chi connectivity index (χ1) is 9.10. The van der Waals surface area contributed by atoms with E-state index < -0.39 is 0 Å². The van der Waals surface area contributed by atoms with Crippen molar-refractivity contribution in [1.29, 1.82) is 0 Å². The van der Waals surface area contributed by atoms with Crippen molar-refractivity contribution in [3.8, 4) is 0 Å². The Kier molecular flexibility index (Phi) is 5.95. The van der Waals surface area contributed by atoms with Gasteiger partial charge in [-0.25, -0.2) is 4.98 Å². The number of H-pyrrole nitrogens is 1. The fourth-order valence-corrected chi connectivity index (χ4v) is 1.87. The summed E-state index contributed by atoms with van der Waals surface area (Å²) in [6.07, 6.45) is 3.37. The minimum Gasteiger partial charge on any atom is -0.396 e. The van der Waals surface area contributed by atoms with E-state index in [0.717, 1.165) is 31.5 Å². The zero-order valence-electron chi connectivity index (χ0n) is 12.0. The molecule has 1 rings (SSSR count). The summed E-state index contributed by atoms with van der Waals surface area (Å²) in [6, 6.07) is 0. The Bertz CT molecular complexity index is 391. The number of carbonyl (C=O) groups is 1. The summed E-state index contributed by atoms with van der Waals surface area (Å²) in [4.78, 5) is 16.1. The molecule has 0 fully saturated rings. The van der Waals surface area contributed by atoms with Crippen molar-refractivity contribution in [2.75, 3.05) is 13.2 Å². The smallest absolute Gasteiger partial charge is 0.290 e. The highest BCUT2D eigenvalue weighted by molar-refractivity contribution is 5.90. The van der Waals surface area contributed by atoms with Gasteiger partial charge in [0, 0.05) is 18.4 Å². The topological polar surface area (TPSA) is 90.9 Å². The molecule has 19 heavy (non-hydrogen) atoms. The van der Waals surface area contributed by atoms with Crippen LogP contribution in [0, 0.1) is 5.41 Å². The normalized spacial score (nSPS) is 11.6. The van der Waals surface area contributed by atoms with Gasteiger partial charge in [-0.05, 0) is 19.3 Å². The number of nitrogens with zero attached hydrogens (tertiary/aromatic N) is 2. The van der Waals surface area contributed by atoms with Gasteiger partial charge >= 0.3 is 0 Å². The number of rotatable bonds is 8. The number of aryl methyl sites for hydroxylation is 1. The lowest BCUT2D eigenvalue weighted by molar-refractivity contribution is 0.0842. The molecule has 0 saturated carbocycles. The first kappa shape index (κ1) is 15.6. The Morgan fingerprint density at radius 3 is 2.58 bits per heavy atom. The molecule has 0 aliphatic rings. The molecular weight excluding hydrogens is 244 g/mol. The Hall–Kier alpha value is -1.43. The van der Waals surface area contributed by atoms with Crippen molar-refractivity contribution in [1.82, 2.24) is 20.5 Å². The second-order valence-corrected chi connectivity index (χ2v) is 4.90. The predicted molar refractivity (Wildman–Crippen MR) is 72.8 cm³/mol. The van der Waals surface area contributed by atoms with Crippen LogP contribution in [-0.4, -0.2) is 39.3 Å². The summed E-state index contributed by atoms with van der Waals surface area (Å²) in [7, 11) is 0. The van der Waals surface area contributed by atoms with Crippen LogP contribution >= 0.6 is 0 Å². The van der Waals surface area contributed by atoms with Crippen LogP contribution in [0.3, 0.4) is 0 Å². The molecule has 6 heteroatoms. The molecular formula is C13H24N4O2. The number of hydrogen-bond donors (Lipinski definition) is 3. The highest BCUT2D eigenvalue weighted by Gasteiger charge is 2.26. The van der Waals surface area contributed by atoms with E-state index in [-0.39, 0.29) is 23.8 Å². The second kappa shape index (κ2) is 7.23. The van der Waals surface area contributed by atoms with Gasteiger partial charge in [-0.1, -0.05) is 20.8 Å². The number of aliphatic hydroxyl groups excluding tert-OH is 1. The summed E-state index contributed by atoms with van der Waals surface area (Å²) in [6.45, 7) is 6.57. The molecule has 1 amide bonds. The first-order valence-corrected chi connectivity index (χ1v) is 6.91. The maximum atomic E-state index is 11.9. The highest BCUT2D eigenvalue weighted by atomic mass is 16.3. The van der Waals surface area contributed by atoms with Crippen LogP contribution in [0.25, 0.3) is 0 Å². The predicted octanol–water partition coefficient (Wildman–Crippen LogP) is 1.29. The summed E-state index contributed by atoms with van der Waals surface area (Å²) >= 11 is 0. The van der Waals surface area contributed by atoms with E-state index in [1.807, 2.05) is 20.8 Å². The molecule has 108 valence electrons. The zero-order chi connectivity index (χ0) is 14.3. The van der Waals surface area contributed by atoms with E-state index in [4.69, 9.17) is 0 Å². The van der Waals surface area contributed by atoms with Gasteiger partial charge < -0.3 is 10.4 Å². The fraction of sp³-hybridized carbons (Fsp3) is 0.769. The number of nitrogens with one attached hydrogen (secondary N) is 2. The lowest BCUT2D eigenvalue weighted by Crippen LogP contribution is -2.39. The van der Waals surface area contributed by atoms with E-state index in [9.17, 15) is 9.90 Å². The molecule has 6 nitrogen and oxygen atoms in total. The quantitative estimate of drug-likeness (QED) is 0.662. The van der Waals surface area contributed by atoms with Gasteiger partial charge in [-0.2, -0.15) is 0 Å². The van der Waals surface area contributed by atoms with Crippen molar-refractivity contribution in [2.24, 2.45) is 5.41 Å². The minimum absolute atomic E-state index is 0.0648. The molecule has 0 radical (unpaired) electrons. The molecule has 0 atom stereocenters. The van der Waals surface area contributed by atoms with E-state index in [1.54, 1.807) is 0 Å². The second-order valence-electron chi connectivity index (χ2n) is 4.90. The average Bonchev–Trinajstić information content (AvgIpc) is 2.90.